The van der Waals surface area contributed by atoms with E-state index >= 15 is 0 Å². The van der Waals surface area contributed by atoms with E-state index in [1.165, 1.54) is 4.90 Å². The first kappa shape index (κ1) is 13.4. The topological polar surface area (TPSA) is 37.4 Å². The summed E-state index contributed by atoms with van der Waals surface area (Å²) >= 11 is 12.2. The molecule has 1 aliphatic heterocycles. The van der Waals surface area contributed by atoms with Gasteiger partial charge in [-0.1, -0.05) is 41.4 Å². The van der Waals surface area contributed by atoms with Gasteiger partial charge in [0.05, 0.1) is 27.1 Å². The van der Waals surface area contributed by atoms with Crippen molar-refractivity contribution in [1.29, 1.82) is 0 Å². The Hall–Kier alpha value is -1.32. The van der Waals surface area contributed by atoms with Crippen molar-refractivity contribution in [3.63, 3.8) is 0 Å². The lowest BCUT2D eigenvalue weighted by Gasteiger charge is -2.28. The average molecular weight is 322 g/mol. The molecule has 2 fully saturated rings. The van der Waals surface area contributed by atoms with Crippen LogP contribution in [0.1, 0.15) is 13.3 Å². The Balaban J connectivity index is 1.85. The molecule has 0 aromatic heterocycles. The van der Waals surface area contributed by atoms with Crippen LogP contribution in [0.15, 0.2) is 30.4 Å². The van der Waals surface area contributed by atoms with Crippen LogP contribution in [0.2, 0.25) is 10.0 Å². The smallest absolute Gasteiger partial charge is 0.241 e. The van der Waals surface area contributed by atoms with Crippen molar-refractivity contribution < 1.29 is 9.59 Å². The van der Waals surface area contributed by atoms with Gasteiger partial charge in [0.2, 0.25) is 11.8 Å². The zero-order chi connectivity index (χ0) is 14.9. The maximum absolute atomic E-state index is 12.9. The monoisotopic (exact) mass is 321 g/mol. The largest absolute Gasteiger partial charge is 0.274 e. The predicted molar refractivity (Wildman–Crippen MR) is 81.3 cm³/mol. The highest BCUT2D eigenvalue weighted by Crippen LogP contribution is 2.61. The maximum Gasteiger partial charge on any atom is 0.241 e. The second-order valence-electron chi connectivity index (χ2n) is 6.20. The van der Waals surface area contributed by atoms with Crippen LogP contribution in [0.4, 0.5) is 5.69 Å². The van der Waals surface area contributed by atoms with Crippen molar-refractivity contribution in [3.05, 3.63) is 40.4 Å². The highest BCUT2D eigenvalue weighted by Gasteiger charge is 2.67. The second-order valence-corrected chi connectivity index (χ2v) is 6.99. The molecular formula is C16H13Cl2NO2. The van der Waals surface area contributed by atoms with Crippen LogP contribution >= 0.6 is 23.2 Å². The van der Waals surface area contributed by atoms with Gasteiger partial charge in [0.15, 0.2) is 0 Å². The van der Waals surface area contributed by atoms with Crippen LogP contribution in [0.3, 0.4) is 0 Å². The summed E-state index contributed by atoms with van der Waals surface area (Å²) in [5.41, 5.74) is -0.239. The molecule has 1 saturated carbocycles. The zero-order valence-corrected chi connectivity index (χ0v) is 12.9. The summed E-state index contributed by atoms with van der Waals surface area (Å²) in [5.74, 6) is -0.261. The van der Waals surface area contributed by atoms with Gasteiger partial charge in [0.25, 0.3) is 0 Å². The number of rotatable bonds is 1. The van der Waals surface area contributed by atoms with E-state index in [4.69, 9.17) is 23.2 Å². The average Bonchev–Trinajstić information content (AvgIpc) is 3.07. The van der Waals surface area contributed by atoms with Gasteiger partial charge in [-0.05, 0) is 37.3 Å². The molecule has 4 rings (SSSR count). The summed E-state index contributed by atoms with van der Waals surface area (Å²) in [6, 6.07) is 5.02. The first-order valence-electron chi connectivity index (χ1n) is 6.97. The number of fused-ring (bicyclic) bond motifs is 5. The van der Waals surface area contributed by atoms with Crippen LogP contribution in [-0.2, 0) is 9.59 Å². The van der Waals surface area contributed by atoms with Crippen molar-refractivity contribution in [1.82, 2.24) is 0 Å². The molecule has 21 heavy (non-hydrogen) atoms. The van der Waals surface area contributed by atoms with E-state index in [-0.39, 0.29) is 34.6 Å². The SMILES string of the molecule is C[C@@]12C(=O)N(c3cccc(Cl)c3Cl)C(=O)[C@H]1[C@H]1C=C[C@@H]2C1. The number of anilines is 1. The third kappa shape index (κ3) is 1.46. The van der Waals surface area contributed by atoms with E-state index in [1.807, 2.05) is 6.92 Å². The molecule has 1 aromatic carbocycles. The summed E-state index contributed by atoms with van der Waals surface area (Å²) in [4.78, 5) is 27.0. The first-order valence-corrected chi connectivity index (χ1v) is 7.72. The van der Waals surface area contributed by atoms with E-state index in [0.29, 0.717) is 10.7 Å². The lowest BCUT2D eigenvalue weighted by Crippen LogP contribution is -2.37. The number of benzene rings is 1. The molecule has 0 N–H and O–H groups in total. The lowest BCUT2D eigenvalue weighted by atomic mass is 9.71. The van der Waals surface area contributed by atoms with Crippen molar-refractivity contribution in [2.45, 2.75) is 13.3 Å². The van der Waals surface area contributed by atoms with Crippen LogP contribution < -0.4 is 4.90 Å². The first-order chi connectivity index (χ1) is 9.96. The van der Waals surface area contributed by atoms with Crippen molar-refractivity contribution >= 4 is 40.7 Å². The number of allylic oxidation sites excluding steroid dienone is 2. The van der Waals surface area contributed by atoms with Crippen molar-refractivity contribution in [3.8, 4) is 0 Å². The highest BCUT2D eigenvalue weighted by atomic mass is 35.5. The number of carbonyl (C=O) groups excluding carboxylic acids is 2. The number of halogens is 2. The summed E-state index contributed by atoms with van der Waals surface area (Å²) < 4.78 is 0. The molecule has 2 bridgehead atoms. The van der Waals surface area contributed by atoms with E-state index in [1.54, 1.807) is 18.2 Å². The third-order valence-electron chi connectivity index (χ3n) is 5.28. The molecule has 4 atom stereocenters. The van der Waals surface area contributed by atoms with Gasteiger partial charge >= 0.3 is 0 Å². The quantitative estimate of drug-likeness (QED) is 0.584. The van der Waals surface area contributed by atoms with Gasteiger partial charge in [-0.3, -0.25) is 9.59 Å². The molecule has 5 heteroatoms. The summed E-state index contributed by atoms with van der Waals surface area (Å²) in [6.07, 6.45) is 5.05. The molecule has 0 spiro atoms. The number of nitrogens with zero attached hydrogens (tertiary/aromatic N) is 1. The minimum Gasteiger partial charge on any atom is -0.274 e. The van der Waals surface area contributed by atoms with E-state index < -0.39 is 5.41 Å². The Morgan fingerprint density at radius 2 is 2.00 bits per heavy atom. The number of carbonyl (C=O) groups is 2. The molecule has 1 heterocycles. The van der Waals surface area contributed by atoms with Crippen LogP contribution in [0.25, 0.3) is 0 Å². The normalized spacial score (nSPS) is 36.7. The van der Waals surface area contributed by atoms with E-state index in [9.17, 15) is 9.59 Å². The van der Waals surface area contributed by atoms with Gasteiger partial charge < -0.3 is 0 Å². The van der Waals surface area contributed by atoms with E-state index in [0.717, 1.165) is 6.42 Å². The van der Waals surface area contributed by atoms with Crippen LogP contribution in [0.5, 0.6) is 0 Å². The molecule has 1 saturated heterocycles. The lowest BCUT2D eigenvalue weighted by molar-refractivity contribution is -0.127. The molecule has 3 aliphatic rings. The van der Waals surface area contributed by atoms with Gasteiger partial charge in [-0.2, -0.15) is 0 Å². The van der Waals surface area contributed by atoms with Crippen LogP contribution in [0, 0.1) is 23.2 Å². The molecule has 108 valence electrons. The highest BCUT2D eigenvalue weighted by molar-refractivity contribution is 6.45. The number of hydrogen-bond donors (Lipinski definition) is 0. The minimum atomic E-state index is -0.637. The Kier molecular flexibility index (Phi) is 2.61. The van der Waals surface area contributed by atoms with Gasteiger partial charge in [-0.25, -0.2) is 4.90 Å². The summed E-state index contributed by atoms with van der Waals surface area (Å²) in [5, 5.41) is 0.600. The molecule has 1 aromatic rings. The maximum atomic E-state index is 12.9. The Bertz CT molecular complexity index is 714. The number of hydrogen-bond acceptors (Lipinski definition) is 2. The molecule has 2 aliphatic carbocycles. The van der Waals surface area contributed by atoms with E-state index in [2.05, 4.69) is 12.2 Å². The summed E-state index contributed by atoms with van der Waals surface area (Å²) in [7, 11) is 0. The fraction of sp³-hybridized carbons (Fsp3) is 0.375. The summed E-state index contributed by atoms with van der Waals surface area (Å²) in [6.45, 7) is 1.91. The van der Waals surface area contributed by atoms with Gasteiger partial charge in [-0.15, -0.1) is 0 Å². The molecule has 0 radical (unpaired) electrons. The molecular weight excluding hydrogens is 309 g/mol. The minimum absolute atomic E-state index is 0.145. The zero-order valence-electron chi connectivity index (χ0n) is 11.3. The van der Waals surface area contributed by atoms with Crippen molar-refractivity contribution in [2.75, 3.05) is 4.90 Å². The second kappa shape index (κ2) is 4.11. The molecule has 2 amide bonds. The third-order valence-corrected chi connectivity index (χ3v) is 6.09. The van der Waals surface area contributed by atoms with Gasteiger partial charge in [0, 0.05) is 0 Å². The van der Waals surface area contributed by atoms with Crippen LogP contribution in [-0.4, -0.2) is 11.8 Å². The molecule has 0 unspecified atom stereocenters. The Labute approximate surface area is 132 Å². The fourth-order valence-electron chi connectivity index (χ4n) is 4.20. The predicted octanol–water partition coefficient (Wildman–Crippen LogP) is 3.70. The number of imide groups is 1. The number of amides is 2. The fourth-order valence-corrected chi connectivity index (χ4v) is 4.58. The molecule has 3 nitrogen and oxygen atoms in total. The Morgan fingerprint density at radius 3 is 2.71 bits per heavy atom. The van der Waals surface area contributed by atoms with Crippen molar-refractivity contribution in [2.24, 2.45) is 23.2 Å². The Morgan fingerprint density at radius 1 is 1.24 bits per heavy atom. The van der Waals surface area contributed by atoms with Gasteiger partial charge in [0.1, 0.15) is 0 Å². The standard InChI is InChI=1S/C16H13Cl2NO2/c1-16-9-6-5-8(7-9)12(16)14(20)19(15(16)21)11-4-2-3-10(17)13(11)18/h2-6,8-9,12H,7H2,1H3/t8-,9+,12+,16-/m0/s1.